The second-order valence-electron chi connectivity index (χ2n) is 3.28. The Kier molecular flexibility index (Phi) is 3.96. The Morgan fingerprint density at radius 3 is 2.94 bits per heavy atom. The van der Waals surface area contributed by atoms with Crippen LogP contribution in [0.1, 0.15) is 18.5 Å². The van der Waals surface area contributed by atoms with Gasteiger partial charge in [0.15, 0.2) is 4.34 Å². The van der Waals surface area contributed by atoms with Gasteiger partial charge >= 0.3 is 0 Å². The lowest BCUT2D eigenvalue weighted by molar-refractivity contribution is 0.796. The van der Waals surface area contributed by atoms with Crippen LogP contribution in [-0.4, -0.2) is 9.36 Å². The van der Waals surface area contributed by atoms with E-state index in [1.807, 2.05) is 19.1 Å². The molecule has 0 saturated carbocycles. The Morgan fingerprint density at radius 2 is 2.31 bits per heavy atom. The lowest BCUT2D eigenvalue weighted by Gasteiger charge is -2.11. The van der Waals surface area contributed by atoms with Crippen LogP contribution in [0, 0.1) is 0 Å². The van der Waals surface area contributed by atoms with Crippen molar-refractivity contribution in [3.63, 3.8) is 0 Å². The summed E-state index contributed by atoms with van der Waals surface area (Å²) < 4.78 is 5.96. The molecule has 2 rings (SSSR count). The highest BCUT2D eigenvalue weighted by atomic mass is 79.9. The van der Waals surface area contributed by atoms with Crippen molar-refractivity contribution in [1.82, 2.24) is 9.36 Å². The van der Waals surface area contributed by atoms with Crippen molar-refractivity contribution in [1.29, 1.82) is 0 Å². The van der Waals surface area contributed by atoms with E-state index in [0.717, 1.165) is 19.3 Å². The number of nitrogens with zero attached hydrogens (tertiary/aromatic N) is 2. The van der Waals surface area contributed by atoms with Gasteiger partial charge in [-0.3, -0.25) is 0 Å². The van der Waals surface area contributed by atoms with Crippen LogP contribution in [0.25, 0.3) is 0 Å². The minimum Gasteiger partial charge on any atom is -0.324 e. The molecule has 6 heteroatoms. The highest BCUT2D eigenvalue weighted by molar-refractivity contribution is 9.10. The Bertz CT molecular complexity index is 471. The number of benzene rings is 1. The van der Waals surface area contributed by atoms with Crippen LogP contribution in [0.3, 0.4) is 0 Å². The molecule has 1 atom stereocenters. The maximum atomic E-state index is 5.95. The fraction of sp³-hybridized carbons (Fsp3) is 0.200. The number of rotatable bonds is 3. The first-order valence-corrected chi connectivity index (χ1v) is 7.04. The van der Waals surface area contributed by atoms with E-state index in [1.165, 1.54) is 11.5 Å². The molecule has 0 aliphatic rings. The highest BCUT2D eigenvalue weighted by Crippen LogP contribution is 2.34. The predicted molar refractivity (Wildman–Crippen MR) is 70.8 cm³/mol. The first-order chi connectivity index (χ1) is 7.66. The van der Waals surface area contributed by atoms with E-state index in [4.69, 9.17) is 5.73 Å². The van der Waals surface area contributed by atoms with Gasteiger partial charge in [0.1, 0.15) is 6.33 Å². The molecule has 1 aromatic carbocycles. The summed E-state index contributed by atoms with van der Waals surface area (Å²) in [6.07, 6.45) is 1.57. The van der Waals surface area contributed by atoms with E-state index in [2.05, 4.69) is 31.4 Å². The fourth-order valence-electron chi connectivity index (χ4n) is 1.27. The summed E-state index contributed by atoms with van der Waals surface area (Å²) in [5.74, 6) is 0. The third-order valence-corrected chi connectivity index (χ3v) is 4.30. The Hall–Kier alpha value is -0.430. The molecule has 1 heterocycles. The molecule has 1 aromatic heterocycles. The lowest BCUT2D eigenvalue weighted by atomic mass is 10.1. The molecule has 84 valence electrons. The molecule has 0 amide bonds. The van der Waals surface area contributed by atoms with E-state index >= 15 is 0 Å². The third kappa shape index (κ3) is 2.82. The van der Waals surface area contributed by atoms with Crippen molar-refractivity contribution in [2.45, 2.75) is 22.2 Å². The summed E-state index contributed by atoms with van der Waals surface area (Å²) in [7, 11) is 0. The van der Waals surface area contributed by atoms with Crippen molar-refractivity contribution in [3.8, 4) is 0 Å². The average Bonchev–Trinajstić information content (AvgIpc) is 2.73. The maximum Gasteiger partial charge on any atom is 0.174 e. The van der Waals surface area contributed by atoms with Crippen LogP contribution in [0.2, 0.25) is 0 Å². The molecule has 2 aromatic rings. The lowest BCUT2D eigenvalue weighted by Crippen LogP contribution is -2.06. The molecule has 0 fully saturated rings. The van der Waals surface area contributed by atoms with Crippen molar-refractivity contribution in [2.24, 2.45) is 5.73 Å². The summed E-state index contributed by atoms with van der Waals surface area (Å²) >= 11 is 6.45. The molecule has 16 heavy (non-hydrogen) atoms. The second-order valence-corrected chi connectivity index (χ2v) is 6.26. The van der Waals surface area contributed by atoms with Gasteiger partial charge in [0.25, 0.3) is 0 Å². The van der Waals surface area contributed by atoms with E-state index in [-0.39, 0.29) is 6.04 Å². The molecule has 0 aliphatic heterocycles. The topological polar surface area (TPSA) is 51.8 Å². The van der Waals surface area contributed by atoms with Gasteiger partial charge in [-0.25, -0.2) is 4.98 Å². The van der Waals surface area contributed by atoms with Crippen molar-refractivity contribution >= 4 is 39.2 Å². The number of hydrogen-bond acceptors (Lipinski definition) is 5. The Morgan fingerprint density at radius 1 is 1.50 bits per heavy atom. The van der Waals surface area contributed by atoms with Gasteiger partial charge < -0.3 is 5.73 Å². The number of hydrogen-bond donors (Lipinski definition) is 1. The first kappa shape index (κ1) is 12.0. The fourth-order valence-corrected chi connectivity index (χ4v) is 3.26. The van der Waals surface area contributed by atoms with E-state index in [1.54, 1.807) is 18.1 Å². The van der Waals surface area contributed by atoms with E-state index < -0.39 is 0 Å². The first-order valence-electron chi connectivity index (χ1n) is 4.66. The summed E-state index contributed by atoms with van der Waals surface area (Å²) in [5.41, 5.74) is 7.07. The quantitative estimate of drug-likeness (QED) is 0.942. The Labute approximate surface area is 111 Å². The van der Waals surface area contributed by atoms with Crippen molar-refractivity contribution in [3.05, 3.63) is 34.6 Å². The molecule has 0 spiro atoms. The summed E-state index contributed by atoms with van der Waals surface area (Å²) in [5, 5.41) is 0. The van der Waals surface area contributed by atoms with Gasteiger partial charge in [-0.15, -0.1) is 0 Å². The monoisotopic (exact) mass is 315 g/mol. The molecule has 0 saturated heterocycles. The zero-order valence-corrected chi connectivity index (χ0v) is 11.8. The van der Waals surface area contributed by atoms with Gasteiger partial charge in [0.2, 0.25) is 0 Å². The molecule has 3 nitrogen and oxygen atoms in total. The molecule has 0 aliphatic carbocycles. The molecule has 0 radical (unpaired) electrons. The molecular formula is C10H10BrN3S2. The molecular weight excluding hydrogens is 306 g/mol. The minimum atomic E-state index is 0.00733. The van der Waals surface area contributed by atoms with E-state index in [9.17, 15) is 0 Å². The van der Waals surface area contributed by atoms with Gasteiger partial charge in [-0.2, -0.15) is 4.37 Å². The van der Waals surface area contributed by atoms with E-state index in [0.29, 0.717) is 0 Å². The number of halogens is 1. The largest absolute Gasteiger partial charge is 0.324 e. The van der Waals surface area contributed by atoms with Crippen LogP contribution in [-0.2, 0) is 0 Å². The number of aromatic nitrogens is 2. The normalized spacial score (nSPS) is 12.7. The van der Waals surface area contributed by atoms with Crippen LogP contribution in [0.15, 0.2) is 38.2 Å². The molecule has 1 unspecified atom stereocenters. The highest BCUT2D eigenvalue weighted by Gasteiger charge is 2.10. The van der Waals surface area contributed by atoms with Crippen LogP contribution in [0.4, 0.5) is 0 Å². The summed E-state index contributed by atoms with van der Waals surface area (Å²) in [6, 6.07) is 6.12. The van der Waals surface area contributed by atoms with Crippen LogP contribution in [0.5, 0.6) is 0 Å². The van der Waals surface area contributed by atoms with Crippen molar-refractivity contribution in [2.75, 3.05) is 0 Å². The van der Waals surface area contributed by atoms with Gasteiger partial charge in [0.05, 0.1) is 0 Å². The second kappa shape index (κ2) is 5.27. The average molecular weight is 316 g/mol. The van der Waals surface area contributed by atoms with Gasteiger partial charge in [-0.05, 0) is 42.2 Å². The van der Waals surface area contributed by atoms with Gasteiger partial charge in [0, 0.05) is 15.4 Å². The third-order valence-electron chi connectivity index (χ3n) is 2.00. The number of nitrogens with two attached hydrogens (primary N) is 1. The minimum absolute atomic E-state index is 0.00733. The SMILES string of the molecule is CC(N)c1cc(Br)ccc1Sc1ncns1. The molecule has 0 bridgehead atoms. The predicted octanol–water partition coefficient (Wildman–Crippen LogP) is 3.47. The zero-order valence-electron chi connectivity index (χ0n) is 8.55. The van der Waals surface area contributed by atoms with Crippen molar-refractivity contribution < 1.29 is 0 Å². The van der Waals surface area contributed by atoms with Crippen LogP contribution >= 0.6 is 39.2 Å². The smallest absolute Gasteiger partial charge is 0.174 e. The Balaban J connectivity index is 2.33. The van der Waals surface area contributed by atoms with Gasteiger partial charge in [-0.1, -0.05) is 27.7 Å². The van der Waals surface area contributed by atoms with Crippen LogP contribution < -0.4 is 5.73 Å². The zero-order chi connectivity index (χ0) is 11.5. The standard InChI is InChI=1S/C10H10BrN3S2/c1-6(12)8-4-7(11)2-3-9(8)15-10-13-5-14-16-10/h2-6H,12H2,1H3. The molecule has 2 N–H and O–H groups in total. The summed E-state index contributed by atoms with van der Waals surface area (Å²) in [6.45, 7) is 1.98. The maximum absolute atomic E-state index is 5.95. The summed E-state index contributed by atoms with van der Waals surface area (Å²) in [4.78, 5) is 5.29.